The van der Waals surface area contributed by atoms with Crippen molar-refractivity contribution in [3.05, 3.63) is 33.8 Å². The Hall–Kier alpha value is 0.0500. The van der Waals surface area contributed by atoms with Crippen molar-refractivity contribution < 1.29 is 0 Å². The molecule has 0 saturated carbocycles. The molecular formula is C8H8Cl3N. The summed E-state index contributed by atoms with van der Waals surface area (Å²) in [5.41, 5.74) is 0.569. The maximum absolute atomic E-state index is 5.91. The smallest absolute Gasteiger partial charge is 0.109 e. The van der Waals surface area contributed by atoms with Crippen LogP contribution in [0.1, 0.15) is 11.1 Å². The number of hydrogen-bond acceptors (Lipinski definition) is 1. The number of alkyl halides is 1. The summed E-state index contributed by atoms with van der Waals surface area (Å²) in [6.45, 7) is 0. The molecule has 0 aliphatic carbocycles. The molecule has 12 heavy (non-hydrogen) atoms. The Morgan fingerprint density at radius 2 is 2.00 bits per heavy atom. The second-order valence-electron chi connectivity index (χ2n) is 2.32. The molecule has 1 unspecified atom stereocenters. The van der Waals surface area contributed by atoms with Crippen LogP contribution in [0.5, 0.6) is 0 Å². The van der Waals surface area contributed by atoms with Gasteiger partial charge in [-0.2, -0.15) is 0 Å². The minimum absolute atomic E-state index is 0.269. The highest BCUT2D eigenvalue weighted by molar-refractivity contribution is 6.35. The first-order valence-electron chi connectivity index (χ1n) is 3.41. The van der Waals surface area contributed by atoms with Crippen LogP contribution in [-0.4, -0.2) is 7.05 Å². The number of hydrogen-bond donors (Lipinski definition) is 1. The highest BCUT2D eigenvalue weighted by atomic mass is 35.5. The van der Waals surface area contributed by atoms with Crippen molar-refractivity contribution in [2.75, 3.05) is 7.05 Å². The van der Waals surface area contributed by atoms with Gasteiger partial charge >= 0.3 is 0 Å². The summed E-state index contributed by atoms with van der Waals surface area (Å²) < 4.78 is 0. The molecule has 0 bridgehead atoms. The predicted molar refractivity (Wildman–Crippen MR) is 54.1 cm³/mol. The van der Waals surface area contributed by atoms with Crippen molar-refractivity contribution in [2.24, 2.45) is 0 Å². The Morgan fingerprint density at radius 1 is 1.33 bits per heavy atom. The van der Waals surface area contributed by atoms with E-state index in [1.165, 1.54) is 0 Å². The summed E-state index contributed by atoms with van der Waals surface area (Å²) in [5.74, 6) is 0. The van der Waals surface area contributed by atoms with Gasteiger partial charge in [0.05, 0.1) is 0 Å². The fraction of sp³-hybridized carbons (Fsp3) is 0.250. The van der Waals surface area contributed by atoms with Gasteiger partial charge in [0.2, 0.25) is 0 Å². The van der Waals surface area contributed by atoms with Gasteiger partial charge in [-0.05, 0) is 19.2 Å². The maximum Gasteiger partial charge on any atom is 0.109 e. The third-order valence-electron chi connectivity index (χ3n) is 1.49. The van der Waals surface area contributed by atoms with Gasteiger partial charge in [0.25, 0.3) is 0 Å². The molecule has 1 atom stereocenters. The first kappa shape index (κ1) is 10.1. The molecule has 0 amide bonds. The van der Waals surface area contributed by atoms with Crippen LogP contribution in [0.15, 0.2) is 18.2 Å². The molecule has 1 aromatic carbocycles. The number of nitrogens with one attached hydrogen (secondary N) is 1. The zero-order valence-electron chi connectivity index (χ0n) is 6.44. The van der Waals surface area contributed by atoms with Gasteiger partial charge in [-0.3, -0.25) is 0 Å². The van der Waals surface area contributed by atoms with E-state index >= 15 is 0 Å². The molecule has 66 valence electrons. The van der Waals surface area contributed by atoms with Gasteiger partial charge in [0.15, 0.2) is 0 Å². The molecule has 1 nitrogen and oxygen atoms in total. The van der Waals surface area contributed by atoms with Crippen LogP contribution in [0.3, 0.4) is 0 Å². The molecule has 0 radical (unpaired) electrons. The highest BCUT2D eigenvalue weighted by Gasteiger charge is 2.08. The molecule has 1 N–H and O–H groups in total. The summed E-state index contributed by atoms with van der Waals surface area (Å²) in [7, 11) is 1.77. The predicted octanol–water partition coefficient (Wildman–Crippen LogP) is 3.45. The average molecular weight is 225 g/mol. The minimum Gasteiger partial charge on any atom is -0.301 e. The molecule has 1 aromatic rings. The summed E-state index contributed by atoms with van der Waals surface area (Å²) in [6, 6.07) is 5.24. The van der Waals surface area contributed by atoms with Crippen molar-refractivity contribution in [1.82, 2.24) is 5.32 Å². The lowest BCUT2D eigenvalue weighted by atomic mass is 10.2. The van der Waals surface area contributed by atoms with Crippen LogP contribution in [0.25, 0.3) is 0 Å². The molecular weight excluding hydrogens is 216 g/mol. The van der Waals surface area contributed by atoms with Gasteiger partial charge in [0.1, 0.15) is 5.50 Å². The molecule has 0 aromatic heterocycles. The Labute approximate surface area is 86.6 Å². The van der Waals surface area contributed by atoms with Crippen LogP contribution < -0.4 is 5.32 Å². The highest BCUT2D eigenvalue weighted by Crippen LogP contribution is 2.27. The van der Waals surface area contributed by atoms with Crippen LogP contribution >= 0.6 is 34.8 Å². The zero-order chi connectivity index (χ0) is 9.14. The minimum atomic E-state index is -0.269. The summed E-state index contributed by atoms with van der Waals surface area (Å²) >= 11 is 17.5. The third-order valence-corrected chi connectivity index (χ3v) is 2.50. The number of rotatable bonds is 2. The number of benzene rings is 1. The molecule has 0 heterocycles. The maximum atomic E-state index is 5.91. The molecule has 0 spiro atoms. The molecule has 4 heteroatoms. The van der Waals surface area contributed by atoms with E-state index in [0.717, 1.165) is 5.56 Å². The van der Waals surface area contributed by atoms with Gasteiger partial charge in [-0.25, -0.2) is 0 Å². The lowest BCUT2D eigenvalue weighted by Gasteiger charge is -2.09. The zero-order valence-corrected chi connectivity index (χ0v) is 8.71. The van der Waals surface area contributed by atoms with Gasteiger partial charge in [0, 0.05) is 15.6 Å². The van der Waals surface area contributed by atoms with Gasteiger partial charge in [-0.15, -0.1) is 11.6 Å². The SMILES string of the molecule is CNC(Cl)c1ccc(Cl)cc1Cl. The van der Waals surface area contributed by atoms with Crippen LogP contribution in [-0.2, 0) is 0 Å². The van der Waals surface area contributed by atoms with E-state index in [0.29, 0.717) is 10.0 Å². The quantitative estimate of drug-likeness (QED) is 0.599. The summed E-state index contributed by atoms with van der Waals surface area (Å²) in [5, 5.41) is 4.07. The second kappa shape index (κ2) is 4.33. The Kier molecular flexibility index (Phi) is 3.66. The molecule has 0 saturated heterocycles. The monoisotopic (exact) mass is 223 g/mol. The van der Waals surface area contributed by atoms with Crippen molar-refractivity contribution in [2.45, 2.75) is 5.50 Å². The summed E-state index contributed by atoms with van der Waals surface area (Å²) in [6.07, 6.45) is 0. The van der Waals surface area contributed by atoms with E-state index in [1.807, 2.05) is 0 Å². The molecule has 0 aliphatic heterocycles. The standard InChI is InChI=1S/C8H8Cl3N/c1-12-8(11)6-3-2-5(9)4-7(6)10/h2-4,8,12H,1H3. The van der Waals surface area contributed by atoms with E-state index in [2.05, 4.69) is 5.32 Å². The Balaban J connectivity index is 3.01. The third kappa shape index (κ3) is 2.27. The van der Waals surface area contributed by atoms with E-state index < -0.39 is 0 Å². The van der Waals surface area contributed by atoms with E-state index in [4.69, 9.17) is 34.8 Å². The summed E-state index contributed by atoms with van der Waals surface area (Å²) in [4.78, 5) is 0. The molecule has 0 fully saturated rings. The largest absolute Gasteiger partial charge is 0.301 e. The second-order valence-corrected chi connectivity index (χ2v) is 3.60. The van der Waals surface area contributed by atoms with Crippen molar-refractivity contribution in [3.8, 4) is 0 Å². The number of halogens is 3. The Morgan fingerprint density at radius 3 is 2.50 bits per heavy atom. The topological polar surface area (TPSA) is 12.0 Å². The van der Waals surface area contributed by atoms with E-state index in [1.54, 1.807) is 25.2 Å². The van der Waals surface area contributed by atoms with Crippen LogP contribution in [0.4, 0.5) is 0 Å². The molecule has 1 rings (SSSR count). The van der Waals surface area contributed by atoms with E-state index in [-0.39, 0.29) is 5.50 Å². The van der Waals surface area contributed by atoms with E-state index in [9.17, 15) is 0 Å². The van der Waals surface area contributed by atoms with Crippen LogP contribution in [0.2, 0.25) is 10.0 Å². The molecule has 0 aliphatic rings. The average Bonchev–Trinajstić information content (AvgIpc) is 2.03. The first-order chi connectivity index (χ1) is 5.65. The first-order valence-corrected chi connectivity index (χ1v) is 4.60. The van der Waals surface area contributed by atoms with Crippen molar-refractivity contribution in [3.63, 3.8) is 0 Å². The van der Waals surface area contributed by atoms with Crippen LogP contribution in [0, 0.1) is 0 Å². The van der Waals surface area contributed by atoms with Crippen molar-refractivity contribution >= 4 is 34.8 Å². The van der Waals surface area contributed by atoms with Crippen molar-refractivity contribution in [1.29, 1.82) is 0 Å². The fourth-order valence-corrected chi connectivity index (χ4v) is 1.63. The Bertz CT molecular complexity index is 275. The lowest BCUT2D eigenvalue weighted by Crippen LogP contribution is -2.10. The lowest BCUT2D eigenvalue weighted by molar-refractivity contribution is 0.784. The van der Waals surface area contributed by atoms with Gasteiger partial charge in [-0.1, -0.05) is 29.3 Å². The van der Waals surface area contributed by atoms with Gasteiger partial charge < -0.3 is 5.32 Å². The fourth-order valence-electron chi connectivity index (χ4n) is 0.863. The normalized spacial score (nSPS) is 13.0.